The first-order valence-corrected chi connectivity index (χ1v) is 8.47. The number of nitrogens with two attached hydrogens (primary N) is 1. The van der Waals surface area contributed by atoms with E-state index in [9.17, 15) is 4.79 Å². The van der Waals surface area contributed by atoms with Crippen molar-refractivity contribution in [3.8, 4) is 0 Å². The number of aryl methyl sites for hydroxylation is 1. The van der Waals surface area contributed by atoms with Gasteiger partial charge in [0.1, 0.15) is 0 Å². The third kappa shape index (κ3) is 3.91. The predicted molar refractivity (Wildman–Crippen MR) is 87.0 cm³/mol. The van der Waals surface area contributed by atoms with Crippen LogP contribution in [0.5, 0.6) is 0 Å². The highest BCUT2D eigenvalue weighted by atomic mass is 16.5. The van der Waals surface area contributed by atoms with Crippen LogP contribution in [-0.2, 0) is 18.3 Å². The molecule has 1 aromatic rings. The summed E-state index contributed by atoms with van der Waals surface area (Å²) in [7, 11) is 1.82. The van der Waals surface area contributed by atoms with E-state index in [0.717, 1.165) is 51.1 Å². The Morgan fingerprint density at radius 2 is 2.26 bits per heavy atom. The number of hydrogen-bond acceptors (Lipinski definition) is 5. The van der Waals surface area contributed by atoms with Gasteiger partial charge in [-0.25, -0.2) is 0 Å². The number of primary amides is 1. The van der Waals surface area contributed by atoms with Gasteiger partial charge < -0.3 is 15.8 Å². The average molecular weight is 321 g/mol. The van der Waals surface area contributed by atoms with Gasteiger partial charge in [-0.2, -0.15) is 5.10 Å². The third-order valence-electron chi connectivity index (χ3n) is 4.77. The van der Waals surface area contributed by atoms with E-state index in [1.807, 2.05) is 20.2 Å². The van der Waals surface area contributed by atoms with Crippen LogP contribution in [0.25, 0.3) is 0 Å². The molecule has 0 bridgehead atoms. The quantitative estimate of drug-likeness (QED) is 0.752. The van der Waals surface area contributed by atoms with Gasteiger partial charge in [0.05, 0.1) is 6.10 Å². The Labute approximate surface area is 137 Å². The van der Waals surface area contributed by atoms with E-state index in [1.54, 1.807) is 4.68 Å². The molecule has 3 N–H and O–H groups in total. The average Bonchev–Trinajstić information content (AvgIpc) is 3.04. The SMILES string of the molecule is CCOC1CC(NC2CCN(Cc3cn(C)nc3C(N)=O)C2)C1. The molecule has 0 spiro atoms. The predicted octanol–water partition coefficient (Wildman–Crippen LogP) is 0.250. The van der Waals surface area contributed by atoms with E-state index in [1.165, 1.54) is 0 Å². The molecule has 1 atom stereocenters. The number of amides is 1. The maximum absolute atomic E-state index is 11.5. The summed E-state index contributed by atoms with van der Waals surface area (Å²) in [5, 5.41) is 7.88. The van der Waals surface area contributed by atoms with E-state index in [2.05, 4.69) is 15.3 Å². The monoisotopic (exact) mass is 321 g/mol. The molecule has 23 heavy (non-hydrogen) atoms. The van der Waals surface area contributed by atoms with E-state index in [4.69, 9.17) is 10.5 Å². The molecule has 2 fully saturated rings. The van der Waals surface area contributed by atoms with Crippen molar-refractivity contribution >= 4 is 5.91 Å². The van der Waals surface area contributed by atoms with Crippen LogP contribution in [0.3, 0.4) is 0 Å². The van der Waals surface area contributed by atoms with Gasteiger partial charge in [0, 0.05) is 57.1 Å². The molecule has 2 aliphatic rings. The van der Waals surface area contributed by atoms with Gasteiger partial charge in [-0.15, -0.1) is 0 Å². The van der Waals surface area contributed by atoms with E-state index >= 15 is 0 Å². The second-order valence-corrected chi connectivity index (χ2v) is 6.67. The Balaban J connectivity index is 1.46. The van der Waals surface area contributed by atoms with Gasteiger partial charge in [-0.3, -0.25) is 14.4 Å². The summed E-state index contributed by atoms with van der Waals surface area (Å²) >= 11 is 0. The third-order valence-corrected chi connectivity index (χ3v) is 4.77. The van der Waals surface area contributed by atoms with Crippen LogP contribution >= 0.6 is 0 Å². The summed E-state index contributed by atoms with van der Waals surface area (Å²) in [4.78, 5) is 13.8. The second kappa shape index (κ2) is 6.98. The zero-order chi connectivity index (χ0) is 16.4. The molecule has 7 heteroatoms. The smallest absolute Gasteiger partial charge is 0.269 e. The van der Waals surface area contributed by atoms with Gasteiger partial charge in [0.15, 0.2) is 5.69 Å². The first kappa shape index (κ1) is 16.4. The normalized spacial score (nSPS) is 28.0. The minimum atomic E-state index is -0.453. The molecular weight excluding hydrogens is 294 g/mol. The molecule has 7 nitrogen and oxygen atoms in total. The molecule has 1 aliphatic heterocycles. The summed E-state index contributed by atoms with van der Waals surface area (Å²) in [5.41, 5.74) is 6.71. The minimum absolute atomic E-state index is 0.391. The standard InChI is InChI=1S/C16H27N5O2/c1-3-23-14-6-13(7-14)18-12-4-5-21(10-12)9-11-8-20(2)19-15(11)16(17)22/h8,12-14,18H,3-7,9-10H2,1-2H3,(H2,17,22). The number of ether oxygens (including phenoxy) is 1. The van der Waals surface area contributed by atoms with Gasteiger partial charge in [0.25, 0.3) is 5.91 Å². The van der Waals surface area contributed by atoms with Gasteiger partial charge in [-0.1, -0.05) is 0 Å². The van der Waals surface area contributed by atoms with E-state index < -0.39 is 5.91 Å². The first-order valence-electron chi connectivity index (χ1n) is 8.47. The van der Waals surface area contributed by atoms with Gasteiger partial charge in [-0.05, 0) is 26.2 Å². The molecule has 2 heterocycles. The summed E-state index contributed by atoms with van der Waals surface area (Å²) in [5.74, 6) is -0.453. The highest BCUT2D eigenvalue weighted by molar-refractivity contribution is 5.92. The molecular formula is C16H27N5O2. The van der Waals surface area contributed by atoms with Crippen LogP contribution in [0.4, 0.5) is 0 Å². The fraction of sp³-hybridized carbons (Fsp3) is 0.750. The lowest BCUT2D eigenvalue weighted by atomic mass is 9.88. The van der Waals surface area contributed by atoms with Crippen LogP contribution in [0, 0.1) is 0 Å². The molecule has 1 aromatic heterocycles. The van der Waals surface area contributed by atoms with Crippen molar-refractivity contribution in [1.82, 2.24) is 20.0 Å². The molecule has 1 unspecified atom stereocenters. The van der Waals surface area contributed by atoms with Crippen molar-refractivity contribution in [3.05, 3.63) is 17.5 Å². The highest BCUT2D eigenvalue weighted by Crippen LogP contribution is 2.25. The number of nitrogens with zero attached hydrogens (tertiary/aromatic N) is 3. The largest absolute Gasteiger partial charge is 0.378 e. The van der Waals surface area contributed by atoms with Crippen LogP contribution in [0.2, 0.25) is 0 Å². The number of nitrogens with one attached hydrogen (secondary N) is 1. The topological polar surface area (TPSA) is 85.4 Å². The number of hydrogen-bond donors (Lipinski definition) is 2. The first-order chi connectivity index (χ1) is 11.0. The molecule has 3 rings (SSSR count). The van der Waals surface area contributed by atoms with E-state index in [-0.39, 0.29) is 0 Å². The van der Waals surface area contributed by atoms with Crippen molar-refractivity contribution in [2.24, 2.45) is 12.8 Å². The second-order valence-electron chi connectivity index (χ2n) is 6.67. The zero-order valence-electron chi connectivity index (χ0n) is 14.0. The molecule has 1 saturated heterocycles. The van der Waals surface area contributed by atoms with Crippen LogP contribution < -0.4 is 11.1 Å². The maximum Gasteiger partial charge on any atom is 0.269 e. The number of rotatable bonds is 7. The lowest BCUT2D eigenvalue weighted by Gasteiger charge is -2.37. The Morgan fingerprint density at radius 3 is 2.96 bits per heavy atom. The molecule has 128 valence electrons. The summed E-state index contributed by atoms with van der Waals surface area (Å²) < 4.78 is 7.26. The lowest BCUT2D eigenvalue weighted by molar-refractivity contribution is -0.0121. The Morgan fingerprint density at radius 1 is 1.48 bits per heavy atom. The van der Waals surface area contributed by atoms with E-state index in [0.29, 0.717) is 23.9 Å². The number of aromatic nitrogens is 2. The van der Waals surface area contributed by atoms with Gasteiger partial charge in [0.2, 0.25) is 0 Å². The minimum Gasteiger partial charge on any atom is -0.378 e. The maximum atomic E-state index is 11.5. The zero-order valence-corrected chi connectivity index (χ0v) is 14.0. The van der Waals surface area contributed by atoms with Crippen molar-refractivity contribution in [3.63, 3.8) is 0 Å². The van der Waals surface area contributed by atoms with Crippen molar-refractivity contribution in [1.29, 1.82) is 0 Å². The number of carbonyl (C=O) groups excluding carboxylic acids is 1. The summed E-state index contributed by atoms with van der Waals surface area (Å²) in [6, 6.07) is 1.12. The van der Waals surface area contributed by atoms with Crippen molar-refractivity contribution < 1.29 is 9.53 Å². The molecule has 1 aliphatic carbocycles. The van der Waals surface area contributed by atoms with Crippen LogP contribution in [0.1, 0.15) is 42.2 Å². The molecule has 1 saturated carbocycles. The Kier molecular flexibility index (Phi) is 4.99. The summed E-state index contributed by atoms with van der Waals surface area (Å²) in [6.07, 6.45) is 5.72. The summed E-state index contributed by atoms with van der Waals surface area (Å²) in [6.45, 7) is 5.63. The number of carbonyl (C=O) groups is 1. The van der Waals surface area contributed by atoms with Gasteiger partial charge >= 0.3 is 0 Å². The van der Waals surface area contributed by atoms with Crippen LogP contribution in [0.15, 0.2) is 6.20 Å². The van der Waals surface area contributed by atoms with Crippen LogP contribution in [-0.4, -0.2) is 58.5 Å². The Bertz CT molecular complexity index is 553. The molecule has 0 radical (unpaired) electrons. The number of likely N-dealkylation sites (tertiary alicyclic amines) is 1. The van der Waals surface area contributed by atoms with Crippen molar-refractivity contribution in [2.75, 3.05) is 19.7 Å². The molecule has 1 amide bonds. The Hall–Kier alpha value is -1.44. The molecule has 0 aromatic carbocycles. The fourth-order valence-corrected chi connectivity index (χ4v) is 3.62. The van der Waals surface area contributed by atoms with Crippen molar-refractivity contribution in [2.45, 2.75) is 50.9 Å². The lowest BCUT2D eigenvalue weighted by Crippen LogP contribution is -2.50. The highest BCUT2D eigenvalue weighted by Gasteiger charge is 2.33. The fourth-order valence-electron chi connectivity index (χ4n) is 3.62.